The van der Waals surface area contributed by atoms with Gasteiger partial charge in [-0.3, -0.25) is 0 Å². The molecule has 2 rings (SSSR count). The van der Waals surface area contributed by atoms with Crippen molar-refractivity contribution in [2.45, 2.75) is 52.5 Å². The number of rotatable bonds is 9. The molecule has 1 aliphatic carbocycles. The lowest BCUT2D eigenvalue weighted by Gasteiger charge is -2.30. The molecule has 1 saturated carbocycles. The lowest BCUT2D eigenvalue weighted by molar-refractivity contribution is 0.105. The Hall–Kier alpha value is -0.890. The van der Waals surface area contributed by atoms with Crippen molar-refractivity contribution in [2.75, 3.05) is 26.3 Å². The summed E-state index contributed by atoms with van der Waals surface area (Å²) in [5, 5.41) is 6.83. The summed E-state index contributed by atoms with van der Waals surface area (Å²) in [6.07, 6.45) is 6.22. The molecule has 1 aromatic carbocycles. The van der Waals surface area contributed by atoms with Gasteiger partial charge in [-0.05, 0) is 56.2 Å². The van der Waals surface area contributed by atoms with E-state index in [-0.39, 0.29) is 29.8 Å². The molecule has 4 nitrogen and oxygen atoms in total. The monoisotopic (exact) mass is 477 g/mol. The van der Waals surface area contributed by atoms with Crippen LogP contribution in [-0.2, 0) is 11.3 Å². The minimum atomic E-state index is -0.213. The lowest BCUT2D eigenvalue weighted by atomic mass is 9.83. The van der Waals surface area contributed by atoms with Gasteiger partial charge >= 0.3 is 0 Å². The van der Waals surface area contributed by atoms with E-state index in [1.165, 1.54) is 37.8 Å². The largest absolute Gasteiger partial charge is 0.382 e. The van der Waals surface area contributed by atoms with Crippen LogP contribution in [-0.4, -0.2) is 32.3 Å². The molecule has 2 N–H and O–H groups in total. The Balaban J connectivity index is 0.00000338. The van der Waals surface area contributed by atoms with Crippen molar-refractivity contribution in [1.29, 1.82) is 0 Å². The van der Waals surface area contributed by atoms with E-state index in [4.69, 9.17) is 4.74 Å². The van der Waals surface area contributed by atoms with Crippen molar-refractivity contribution >= 4 is 29.9 Å². The molecule has 0 aliphatic heterocycles. The third kappa shape index (κ3) is 7.78. The number of nitrogens with one attached hydrogen (secondary N) is 2. The molecule has 26 heavy (non-hydrogen) atoms. The standard InChI is InChI=1S/C20H32FN3O.HI/c1-3-22-19(23-15-17-7-9-18(21)10-8-17)24-16-20(11-5-6-12-20)13-14-25-4-2;/h7-10H,3-6,11-16H2,1-2H3,(H2,22,23,24);1H. The van der Waals surface area contributed by atoms with Crippen LogP contribution >= 0.6 is 24.0 Å². The first-order valence-corrected chi connectivity index (χ1v) is 9.52. The maximum absolute atomic E-state index is 13.0. The van der Waals surface area contributed by atoms with Gasteiger partial charge in [0.25, 0.3) is 0 Å². The van der Waals surface area contributed by atoms with Crippen LogP contribution in [0.2, 0.25) is 0 Å². The van der Waals surface area contributed by atoms with Crippen LogP contribution in [0.1, 0.15) is 51.5 Å². The van der Waals surface area contributed by atoms with Crippen molar-refractivity contribution < 1.29 is 9.13 Å². The smallest absolute Gasteiger partial charge is 0.191 e. The Kier molecular flexibility index (Phi) is 11.1. The maximum Gasteiger partial charge on any atom is 0.191 e. The fourth-order valence-corrected chi connectivity index (χ4v) is 3.45. The SMILES string of the molecule is CCNC(=NCc1ccc(F)cc1)NCC1(CCOCC)CCCC1.I. The van der Waals surface area contributed by atoms with Crippen LogP contribution in [0, 0.1) is 11.2 Å². The molecule has 0 radical (unpaired) electrons. The summed E-state index contributed by atoms with van der Waals surface area (Å²) in [5.41, 5.74) is 1.33. The molecule has 0 atom stereocenters. The van der Waals surface area contributed by atoms with Crippen LogP contribution in [0.15, 0.2) is 29.3 Å². The molecule has 1 aromatic rings. The first-order valence-electron chi connectivity index (χ1n) is 9.52. The molecule has 148 valence electrons. The average Bonchev–Trinajstić information content (AvgIpc) is 3.08. The number of halogens is 2. The highest BCUT2D eigenvalue weighted by Crippen LogP contribution is 2.40. The van der Waals surface area contributed by atoms with Gasteiger partial charge in [-0.15, -0.1) is 24.0 Å². The second kappa shape index (κ2) is 12.5. The number of hydrogen-bond donors (Lipinski definition) is 2. The van der Waals surface area contributed by atoms with Gasteiger partial charge in [-0.1, -0.05) is 25.0 Å². The van der Waals surface area contributed by atoms with E-state index in [1.54, 1.807) is 12.1 Å². The fourth-order valence-electron chi connectivity index (χ4n) is 3.45. The second-order valence-electron chi connectivity index (χ2n) is 6.83. The third-order valence-electron chi connectivity index (χ3n) is 4.95. The molecular formula is C20H33FIN3O. The summed E-state index contributed by atoms with van der Waals surface area (Å²) in [6.45, 7) is 8.02. The molecule has 0 amide bonds. The summed E-state index contributed by atoms with van der Waals surface area (Å²) in [6, 6.07) is 6.52. The molecule has 0 bridgehead atoms. The van der Waals surface area contributed by atoms with E-state index >= 15 is 0 Å². The number of aliphatic imine (C=N–C) groups is 1. The molecule has 1 fully saturated rings. The molecule has 0 aromatic heterocycles. The predicted octanol–water partition coefficient (Wildman–Crippen LogP) is 4.49. The Bertz CT molecular complexity index is 530. The third-order valence-corrected chi connectivity index (χ3v) is 4.95. The Morgan fingerprint density at radius 3 is 2.46 bits per heavy atom. The van der Waals surface area contributed by atoms with Gasteiger partial charge in [-0.2, -0.15) is 0 Å². The minimum absolute atomic E-state index is 0. The normalized spacial score (nSPS) is 16.2. The van der Waals surface area contributed by atoms with Crippen LogP contribution in [0.5, 0.6) is 0 Å². The predicted molar refractivity (Wildman–Crippen MR) is 117 cm³/mol. The van der Waals surface area contributed by atoms with E-state index in [1.807, 2.05) is 6.92 Å². The van der Waals surface area contributed by atoms with Crippen LogP contribution < -0.4 is 10.6 Å². The first-order chi connectivity index (χ1) is 12.2. The zero-order chi connectivity index (χ0) is 18.0. The minimum Gasteiger partial charge on any atom is -0.382 e. The number of guanidine groups is 1. The Morgan fingerprint density at radius 1 is 1.15 bits per heavy atom. The van der Waals surface area contributed by atoms with Crippen molar-refractivity contribution in [2.24, 2.45) is 10.4 Å². The first kappa shape index (κ1) is 23.1. The van der Waals surface area contributed by atoms with Crippen LogP contribution in [0.25, 0.3) is 0 Å². The van der Waals surface area contributed by atoms with E-state index in [0.717, 1.165) is 44.2 Å². The summed E-state index contributed by atoms with van der Waals surface area (Å²) in [5.74, 6) is 0.616. The topological polar surface area (TPSA) is 45.7 Å². The van der Waals surface area contributed by atoms with Crippen molar-refractivity contribution in [1.82, 2.24) is 10.6 Å². The highest BCUT2D eigenvalue weighted by Gasteiger charge is 2.33. The summed E-state index contributed by atoms with van der Waals surface area (Å²) in [7, 11) is 0. The fraction of sp³-hybridized carbons (Fsp3) is 0.650. The van der Waals surface area contributed by atoms with Gasteiger partial charge in [0.15, 0.2) is 5.96 Å². The van der Waals surface area contributed by atoms with Gasteiger partial charge in [0.2, 0.25) is 0 Å². The van der Waals surface area contributed by atoms with E-state index < -0.39 is 0 Å². The van der Waals surface area contributed by atoms with Gasteiger partial charge in [0, 0.05) is 26.3 Å². The molecule has 0 spiro atoms. The number of nitrogens with zero attached hydrogens (tertiary/aromatic N) is 1. The summed E-state index contributed by atoms with van der Waals surface area (Å²) >= 11 is 0. The number of ether oxygens (including phenoxy) is 1. The molecule has 0 saturated heterocycles. The highest BCUT2D eigenvalue weighted by molar-refractivity contribution is 14.0. The molecule has 0 heterocycles. The number of hydrogen-bond acceptors (Lipinski definition) is 2. The molecule has 6 heteroatoms. The van der Waals surface area contributed by atoms with Crippen LogP contribution in [0.3, 0.4) is 0 Å². The summed E-state index contributed by atoms with van der Waals surface area (Å²) in [4.78, 5) is 4.64. The van der Waals surface area contributed by atoms with Gasteiger partial charge in [0.1, 0.15) is 5.82 Å². The van der Waals surface area contributed by atoms with Gasteiger partial charge < -0.3 is 15.4 Å². The average molecular weight is 477 g/mol. The Labute approximate surface area is 174 Å². The maximum atomic E-state index is 13.0. The molecule has 1 aliphatic rings. The lowest BCUT2D eigenvalue weighted by Crippen LogP contribution is -2.43. The van der Waals surface area contributed by atoms with Gasteiger partial charge in [0.05, 0.1) is 6.54 Å². The van der Waals surface area contributed by atoms with Crippen molar-refractivity contribution in [3.63, 3.8) is 0 Å². The molecule has 0 unspecified atom stereocenters. The van der Waals surface area contributed by atoms with Crippen LogP contribution in [0.4, 0.5) is 4.39 Å². The zero-order valence-corrected chi connectivity index (χ0v) is 18.4. The van der Waals surface area contributed by atoms with Crippen molar-refractivity contribution in [3.05, 3.63) is 35.6 Å². The van der Waals surface area contributed by atoms with Crippen molar-refractivity contribution in [3.8, 4) is 0 Å². The number of benzene rings is 1. The molecular weight excluding hydrogens is 444 g/mol. The summed E-state index contributed by atoms with van der Waals surface area (Å²) < 4.78 is 18.6. The van der Waals surface area contributed by atoms with E-state index in [2.05, 4.69) is 22.5 Å². The van der Waals surface area contributed by atoms with E-state index in [9.17, 15) is 4.39 Å². The van der Waals surface area contributed by atoms with Gasteiger partial charge in [-0.25, -0.2) is 9.38 Å². The quantitative estimate of drug-likeness (QED) is 0.239. The highest BCUT2D eigenvalue weighted by atomic mass is 127. The van der Waals surface area contributed by atoms with E-state index in [0.29, 0.717) is 12.0 Å². The zero-order valence-electron chi connectivity index (χ0n) is 16.0. The second-order valence-corrected chi connectivity index (χ2v) is 6.83. The Morgan fingerprint density at radius 2 is 1.85 bits per heavy atom.